The number of imide groups is 1. The lowest BCUT2D eigenvalue weighted by molar-refractivity contribution is -0.138. The molecule has 0 bridgehead atoms. The average Bonchev–Trinajstić information content (AvgIpc) is 2.81. The van der Waals surface area contributed by atoms with E-state index in [-0.39, 0.29) is 18.0 Å². The Morgan fingerprint density at radius 1 is 1.08 bits per heavy atom. The van der Waals surface area contributed by atoms with Crippen LogP contribution in [-0.2, 0) is 20.9 Å². The summed E-state index contributed by atoms with van der Waals surface area (Å²) < 4.78 is 0. The molecule has 2 N–H and O–H groups in total. The number of halogens is 1. The van der Waals surface area contributed by atoms with Crippen molar-refractivity contribution in [3.8, 4) is 0 Å². The van der Waals surface area contributed by atoms with Gasteiger partial charge in [-0.1, -0.05) is 41.9 Å². The summed E-state index contributed by atoms with van der Waals surface area (Å²) in [6.45, 7) is 1.35. The first-order chi connectivity index (χ1) is 12.4. The van der Waals surface area contributed by atoms with E-state index in [2.05, 4.69) is 5.32 Å². The Balaban J connectivity index is 1.87. The van der Waals surface area contributed by atoms with Crippen molar-refractivity contribution in [1.29, 1.82) is 0 Å². The van der Waals surface area contributed by atoms with E-state index in [4.69, 9.17) is 11.6 Å². The number of nitrogens with one attached hydrogen (secondary N) is 1. The zero-order valence-electron chi connectivity index (χ0n) is 13.8. The number of benzene rings is 2. The van der Waals surface area contributed by atoms with Crippen LogP contribution in [0, 0.1) is 0 Å². The van der Waals surface area contributed by atoms with E-state index in [0.29, 0.717) is 21.8 Å². The molecule has 1 aliphatic heterocycles. The predicted molar refractivity (Wildman–Crippen MR) is 97.3 cm³/mol. The van der Waals surface area contributed by atoms with Crippen molar-refractivity contribution in [3.63, 3.8) is 0 Å². The topological polar surface area (TPSA) is 86.7 Å². The third-order valence-corrected chi connectivity index (χ3v) is 4.29. The monoisotopic (exact) mass is 370 g/mol. The molecule has 0 saturated heterocycles. The van der Waals surface area contributed by atoms with Gasteiger partial charge in [0, 0.05) is 17.6 Å². The first-order valence-corrected chi connectivity index (χ1v) is 8.17. The van der Waals surface area contributed by atoms with Gasteiger partial charge in [0.25, 0.3) is 11.8 Å². The van der Waals surface area contributed by atoms with Gasteiger partial charge in [0.05, 0.1) is 12.1 Å². The molecule has 1 heterocycles. The Morgan fingerprint density at radius 2 is 1.73 bits per heavy atom. The Kier molecular flexibility index (Phi) is 4.77. The molecule has 0 spiro atoms. The molecule has 2 aromatic carbocycles. The van der Waals surface area contributed by atoms with Crippen LogP contribution < -0.4 is 5.32 Å². The first kappa shape index (κ1) is 17.7. The van der Waals surface area contributed by atoms with E-state index in [9.17, 15) is 19.5 Å². The maximum absolute atomic E-state index is 12.7. The molecule has 26 heavy (non-hydrogen) atoms. The lowest BCUT2D eigenvalue weighted by atomic mass is 10.1. The fourth-order valence-electron chi connectivity index (χ4n) is 2.69. The lowest BCUT2D eigenvalue weighted by Crippen LogP contribution is -2.31. The molecule has 132 valence electrons. The predicted octanol–water partition coefficient (Wildman–Crippen LogP) is 3.14. The largest absolute Gasteiger partial charge is 0.502 e. The zero-order valence-corrected chi connectivity index (χ0v) is 14.6. The summed E-state index contributed by atoms with van der Waals surface area (Å²) in [5.74, 6) is -2.19. The number of hydrogen-bond donors (Lipinski definition) is 2. The van der Waals surface area contributed by atoms with Gasteiger partial charge in [-0.3, -0.25) is 19.3 Å². The molecule has 0 unspecified atom stereocenters. The maximum atomic E-state index is 12.7. The fraction of sp³-hybridized carbons (Fsp3) is 0.105. The van der Waals surface area contributed by atoms with E-state index in [1.165, 1.54) is 6.92 Å². The van der Waals surface area contributed by atoms with Gasteiger partial charge in [-0.15, -0.1) is 0 Å². The van der Waals surface area contributed by atoms with Gasteiger partial charge in [0.15, 0.2) is 5.76 Å². The van der Waals surface area contributed by atoms with Crippen LogP contribution in [0.3, 0.4) is 0 Å². The van der Waals surface area contributed by atoms with Crippen molar-refractivity contribution in [2.45, 2.75) is 13.5 Å². The summed E-state index contributed by atoms with van der Waals surface area (Å²) in [6, 6.07) is 13.2. The van der Waals surface area contributed by atoms with Crippen LogP contribution in [0.25, 0.3) is 5.57 Å². The van der Waals surface area contributed by atoms with E-state index in [0.717, 1.165) is 4.90 Å². The molecule has 0 saturated carbocycles. The van der Waals surface area contributed by atoms with E-state index in [1.54, 1.807) is 48.5 Å². The van der Waals surface area contributed by atoms with Crippen molar-refractivity contribution in [1.82, 2.24) is 4.90 Å². The van der Waals surface area contributed by atoms with Crippen LogP contribution >= 0.6 is 11.6 Å². The molecule has 3 amide bonds. The summed E-state index contributed by atoms with van der Waals surface area (Å²) in [4.78, 5) is 37.0. The number of aliphatic hydroxyl groups is 1. The summed E-state index contributed by atoms with van der Waals surface area (Å²) in [5, 5.41) is 13.2. The van der Waals surface area contributed by atoms with E-state index in [1.807, 2.05) is 0 Å². The third-order valence-electron chi connectivity index (χ3n) is 3.92. The highest BCUT2D eigenvalue weighted by atomic mass is 35.5. The minimum atomic E-state index is -0.768. The lowest BCUT2D eigenvalue weighted by Gasteiger charge is -2.15. The molecule has 0 fully saturated rings. The highest BCUT2D eigenvalue weighted by Gasteiger charge is 2.39. The van der Waals surface area contributed by atoms with Crippen LogP contribution in [0.4, 0.5) is 5.69 Å². The van der Waals surface area contributed by atoms with Crippen molar-refractivity contribution < 1.29 is 19.5 Å². The molecule has 3 rings (SSSR count). The number of carbonyl (C=O) groups excluding carboxylic acids is 3. The normalized spacial score (nSPS) is 14.2. The minimum absolute atomic E-state index is 0.0329. The van der Waals surface area contributed by atoms with Gasteiger partial charge in [-0.25, -0.2) is 0 Å². The van der Waals surface area contributed by atoms with Gasteiger partial charge in [0.2, 0.25) is 5.91 Å². The Hall–Kier alpha value is -3.12. The second-order valence-corrected chi connectivity index (χ2v) is 6.18. The van der Waals surface area contributed by atoms with Crippen LogP contribution in [0.2, 0.25) is 5.02 Å². The second-order valence-electron chi connectivity index (χ2n) is 5.77. The molecule has 0 radical (unpaired) electrons. The Morgan fingerprint density at radius 3 is 2.35 bits per heavy atom. The van der Waals surface area contributed by atoms with Crippen LogP contribution in [0.5, 0.6) is 0 Å². The van der Waals surface area contributed by atoms with Gasteiger partial charge in [-0.2, -0.15) is 0 Å². The van der Waals surface area contributed by atoms with Crippen molar-refractivity contribution in [3.05, 3.63) is 70.4 Å². The molecule has 2 aromatic rings. The highest BCUT2D eigenvalue weighted by Crippen LogP contribution is 2.30. The molecule has 6 nitrogen and oxygen atoms in total. The molecule has 1 aliphatic rings. The Labute approximate surface area is 154 Å². The van der Waals surface area contributed by atoms with Crippen molar-refractivity contribution >= 4 is 40.6 Å². The van der Waals surface area contributed by atoms with Crippen LogP contribution in [0.1, 0.15) is 18.1 Å². The molecular weight excluding hydrogens is 356 g/mol. The second kappa shape index (κ2) is 7.01. The summed E-state index contributed by atoms with van der Waals surface area (Å²) in [7, 11) is 0. The van der Waals surface area contributed by atoms with E-state index >= 15 is 0 Å². The Bertz CT molecular complexity index is 935. The molecule has 0 aromatic heterocycles. The van der Waals surface area contributed by atoms with Crippen LogP contribution in [0.15, 0.2) is 54.3 Å². The standard InChI is InChI=1S/C19H15ClN2O4/c1-11(23)21-14-8-6-12(7-9-14)16-17(24)19(26)22(18(16)25)10-13-4-2-3-5-15(13)20/h2-9,24H,10H2,1H3,(H,21,23). The molecule has 7 heteroatoms. The average molecular weight is 371 g/mol. The summed E-state index contributed by atoms with van der Waals surface area (Å²) in [6.07, 6.45) is 0. The van der Waals surface area contributed by atoms with E-state index < -0.39 is 17.6 Å². The van der Waals surface area contributed by atoms with Crippen molar-refractivity contribution in [2.24, 2.45) is 0 Å². The third kappa shape index (κ3) is 3.32. The number of anilines is 1. The zero-order chi connectivity index (χ0) is 18.8. The van der Waals surface area contributed by atoms with Gasteiger partial charge in [0.1, 0.15) is 0 Å². The van der Waals surface area contributed by atoms with Crippen LogP contribution in [-0.4, -0.2) is 27.7 Å². The maximum Gasteiger partial charge on any atom is 0.296 e. The number of aliphatic hydroxyl groups excluding tert-OH is 1. The minimum Gasteiger partial charge on any atom is -0.502 e. The van der Waals surface area contributed by atoms with Gasteiger partial charge < -0.3 is 10.4 Å². The number of nitrogens with zero attached hydrogens (tertiary/aromatic N) is 1. The summed E-state index contributed by atoms with van der Waals surface area (Å²) in [5.41, 5.74) is 1.46. The SMILES string of the molecule is CC(=O)Nc1ccc(C2=C(O)C(=O)N(Cc3ccccc3Cl)C2=O)cc1. The van der Waals surface area contributed by atoms with Gasteiger partial charge in [-0.05, 0) is 29.3 Å². The van der Waals surface area contributed by atoms with Crippen molar-refractivity contribution in [2.75, 3.05) is 5.32 Å². The smallest absolute Gasteiger partial charge is 0.296 e. The molecular formula is C19H15ClN2O4. The highest BCUT2D eigenvalue weighted by molar-refractivity contribution is 6.35. The van der Waals surface area contributed by atoms with Gasteiger partial charge >= 0.3 is 0 Å². The number of hydrogen-bond acceptors (Lipinski definition) is 4. The quantitative estimate of drug-likeness (QED) is 0.809. The number of carbonyl (C=O) groups is 3. The molecule has 0 aliphatic carbocycles. The number of rotatable bonds is 4. The molecule has 0 atom stereocenters. The summed E-state index contributed by atoms with van der Waals surface area (Å²) >= 11 is 6.09. The number of amides is 3. The fourth-order valence-corrected chi connectivity index (χ4v) is 2.88. The first-order valence-electron chi connectivity index (χ1n) is 7.79.